The van der Waals surface area contributed by atoms with Gasteiger partial charge in [0.25, 0.3) is 0 Å². The van der Waals surface area contributed by atoms with Crippen LogP contribution in [0.15, 0.2) is 23.8 Å². The van der Waals surface area contributed by atoms with Gasteiger partial charge in [-0.3, -0.25) is 4.79 Å². The average molecular weight is 316 g/mol. The van der Waals surface area contributed by atoms with Gasteiger partial charge in [-0.2, -0.15) is 0 Å². The minimum atomic E-state index is -0.347. The van der Waals surface area contributed by atoms with Crippen LogP contribution in [0.1, 0.15) is 46.0 Å². The summed E-state index contributed by atoms with van der Waals surface area (Å²) in [6.45, 7) is 4.75. The van der Waals surface area contributed by atoms with Gasteiger partial charge in [0, 0.05) is 17.9 Å². The summed E-state index contributed by atoms with van der Waals surface area (Å²) in [6.07, 6.45) is 10.3. The first-order chi connectivity index (χ1) is 10.9. The van der Waals surface area contributed by atoms with Crippen molar-refractivity contribution in [1.82, 2.24) is 0 Å². The Labute approximate surface area is 138 Å². The van der Waals surface area contributed by atoms with Crippen molar-refractivity contribution in [3.05, 3.63) is 23.8 Å². The molecule has 0 spiro atoms. The Morgan fingerprint density at radius 2 is 2.04 bits per heavy atom. The van der Waals surface area contributed by atoms with Gasteiger partial charge >= 0.3 is 0 Å². The molecule has 2 N–H and O–H groups in total. The molecule has 4 aliphatic carbocycles. The lowest BCUT2D eigenvalue weighted by Gasteiger charge is -2.58. The van der Waals surface area contributed by atoms with Crippen LogP contribution in [-0.2, 0) is 4.79 Å². The van der Waals surface area contributed by atoms with E-state index in [4.69, 9.17) is 0 Å². The van der Waals surface area contributed by atoms with Crippen LogP contribution < -0.4 is 0 Å². The van der Waals surface area contributed by atoms with Gasteiger partial charge < -0.3 is 10.2 Å². The van der Waals surface area contributed by atoms with Crippen molar-refractivity contribution in [2.45, 2.75) is 52.1 Å². The van der Waals surface area contributed by atoms with Crippen LogP contribution in [0.4, 0.5) is 0 Å². The van der Waals surface area contributed by atoms with Crippen molar-refractivity contribution >= 4 is 5.78 Å². The zero-order valence-corrected chi connectivity index (χ0v) is 14.2. The highest BCUT2D eigenvalue weighted by Crippen LogP contribution is 2.65. The zero-order valence-electron chi connectivity index (χ0n) is 14.2. The molecular formula is C20H28O3. The number of ketones is 1. The molecule has 4 aliphatic rings. The molecule has 126 valence electrons. The van der Waals surface area contributed by atoms with Crippen LogP contribution in [0, 0.1) is 34.5 Å². The van der Waals surface area contributed by atoms with Crippen LogP contribution in [0.5, 0.6) is 0 Å². The topological polar surface area (TPSA) is 57.5 Å². The van der Waals surface area contributed by atoms with Crippen LogP contribution >= 0.6 is 0 Å². The SMILES string of the molecule is C[C@]12C=CC(=O)C=C1CCC1C2[C@@H](O)C[C@@]2(C)C1CC[C@@H]2CO. The molecule has 0 aliphatic heterocycles. The van der Waals surface area contributed by atoms with Gasteiger partial charge in [0.05, 0.1) is 6.10 Å². The molecule has 0 saturated heterocycles. The Morgan fingerprint density at radius 1 is 1.26 bits per heavy atom. The van der Waals surface area contributed by atoms with E-state index in [0.29, 0.717) is 17.8 Å². The molecule has 23 heavy (non-hydrogen) atoms. The number of allylic oxidation sites excluding steroid dienone is 4. The van der Waals surface area contributed by atoms with E-state index in [1.165, 1.54) is 12.0 Å². The van der Waals surface area contributed by atoms with E-state index in [1.807, 2.05) is 6.08 Å². The maximum atomic E-state index is 11.8. The molecule has 0 aromatic rings. The van der Waals surface area contributed by atoms with E-state index in [0.717, 1.165) is 25.7 Å². The Morgan fingerprint density at radius 3 is 2.78 bits per heavy atom. The second-order valence-electron chi connectivity index (χ2n) is 8.76. The molecule has 7 atom stereocenters. The lowest BCUT2D eigenvalue weighted by Crippen LogP contribution is -2.56. The first-order valence-corrected chi connectivity index (χ1v) is 9.13. The third kappa shape index (κ3) is 1.99. The number of hydrogen-bond acceptors (Lipinski definition) is 3. The summed E-state index contributed by atoms with van der Waals surface area (Å²) >= 11 is 0. The zero-order chi connectivity index (χ0) is 16.4. The molecule has 3 unspecified atom stereocenters. The van der Waals surface area contributed by atoms with E-state index in [2.05, 4.69) is 19.9 Å². The highest BCUT2D eigenvalue weighted by Gasteiger charge is 2.61. The predicted molar refractivity (Wildman–Crippen MR) is 88.6 cm³/mol. The van der Waals surface area contributed by atoms with E-state index < -0.39 is 0 Å². The molecule has 3 heteroatoms. The summed E-state index contributed by atoms with van der Waals surface area (Å²) in [5.41, 5.74) is 1.11. The normalized spacial score (nSPS) is 51.7. The fraction of sp³-hybridized carbons (Fsp3) is 0.750. The monoisotopic (exact) mass is 316 g/mol. The third-order valence-electron chi connectivity index (χ3n) is 7.91. The van der Waals surface area contributed by atoms with Gasteiger partial charge in [-0.05, 0) is 67.4 Å². The Bertz CT molecular complexity index is 592. The number of fused-ring (bicyclic) bond motifs is 5. The summed E-state index contributed by atoms with van der Waals surface area (Å²) in [7, 11) is 0. The molecule has 0 aromatic heterocycles. The quantitative estimate of drug-likeness (QED) is 0.782. The minimum Gasteiger partial charge on any atom is -0.396 e. The Kier molecular flexibility index (Phi) is 3.41. The van der Waals surface area contributed by atoms with Gasteiger partial charge in [-0.1, -0.05) is 25.5 Å². The largest absolute Gasteiger partial charge is 0.396 e. The first kappa shape index (κ1) is 15.6. The molecule has 3 nitrogen and oxygen atoms in total. The number of carbonyl (C=O) groups excluding carboxylic acids is 1. The third-order valence-corrected chi connectivity index (χ3v) is 7.91. The molecule has 4 rings (SSSR count). The number of aliphatic hydroxyl groups is 2. The van der Waals surface area contributed by atoms with Crippen molar-refractivity contribution in [1.29, 1.82) is 0 Å². The fourth-order valence-corrected chi connectivity index (χ4v) is 6.73. The maximum Gasteiger partial charge on any atom is 0.178 e. The second kappa shape index (κ2) is 5.03. The standard InChI is InChI=1S/C20H28O3/c1-19-8-7-14(22)9-12(19)3-5-15-16-6-4-13(11-21)20(16,2)10-17(23)18(15)19/h7-9,13,15-18,21,23H,3-6,10-11H2,1-2H3/t13-,15?,16?,17+,18?,19+,20-/m1/s1. The Hall–Kier alpha value is -0.930. The van der Waals surface area contributed by atoms with Crippen LogP contribution in [0.25, 0.3) is 0 Å². The summed E-state index contributed by atoms with van der Waals surface area (Å²) in [6, 6.07) is 0. The molecule has 3 fully saturated rings. The molecule has 0 aromatic carbocycles. The number of carbonyl (C=O) groups is 1. The van der Waals surface area contributed by atoms with Crippen molar-refractivity contribution < 1.29 is 15.0 Å². The van der Waals surface area contributed by atoms with Gasteiger partial charge in [-0.15, -0.1) is 0 Å². The fourth-order valence-electron chi connectivity index (χ4n) is 6.73. The van der Waals surface area contributed by atoms with Crippen molar-refractivity contribution in [2.75, 3.05) is 6.61 Å². The molecule has 0 heterocycles. The molecule has 0 radical (unpaired) electrons. The van der Waals surface area contributed by atoms with Crippen LogP contribution in [0.3, 0.4) is 0 Å². The van der Waals surface area contributed by atoms with Gasteiger partial charge in [0.1, 0.15) is 0 Å². The van der Waals surface area contributed by atoms with Gasteiger partial charge in [0.2, 0.25) is 0 Å². The first-order valence-electron chi connectivity index (χ1n) is 9.13. The molecule has 0 bridgehead atoms. The van der Waals surface area contributed by atoms with E-state index >= 15 is 0 Å². The van der Waals surface area contributed by atoms with E-state index in [-0.39, 0.29) is 35.2 Å². The summed E-state index contributed by atoms with van der Waals surface area (Å²) in [5, 5.41) is 20.9. The summed E-state index contributed by atoms with van der Waals surface area (Å²) in [5.74, 6) is 1.73. The lowest BCUT2D eigenvalue weighted by atomic mass is 9.47. The van der Waals surface area contributed by atoms with Crippen LogP contribution in [0.2, 0.25) is 0 Å². The highest BCUT2D eigenvalue weighted by molar-refractivity contribution is 6.01. The second-order valence-corrected chi connectivity index (χ2v) is 8.76. The molecule has 0 amide bonds. The summed E-state index contributed by atoms with van der Waals surface area (Å²) in [4.78, 5) is 11.8. The predicted octanol–water partition coefficient (Wildman–Crippen LogP) is 2.87. The average Bonchev–Trinajstić information content (AvgIpc) is 2.83. The highest BCUT2D eigenvalue weighted by atomic mass is 16.3. The molecule has 3 saturated carbocycles. The van der Waals surface area contributed by atoms with E-state index in [9.17, 15) is 15.0 Å². The van der Waals surface area contributed by atoms with Gasteiger partial charge in [-0.25, -0.2) is 0 Å². The summed E-state index contributed by atoms with van der Waals surface area (Å²) < 4.78 is 0. The smallest absolute Gasteiger partial charge is 0.178 e. The van der Waals surface area contributed by atoms with E-state index in [1.54, 1.807) is 6.08 Å². The van der Waals surface area contributed by atoms with Crippen molar-refractivity contribution in [3.8, 4) is 0 Å². The van der Waals surface area contributed by atoms with Crippen molar-refractivity contribution in [3.63, 3.8) is 0 Å². The number of aliphatic hydroxyl groups excluding tert-OH is 2. The van der Waals surface area contributed by atoms with Crippen molar-refractivity contribution in [2.24, 2.45) is 34.5 Å². The lowest BCUT2D eigenvalue weighted by molar-refractivity contribution is -0.121. The maximum absolute atomic E-state index is 11.8. The Balaban J connectivity index is 1.73. The van der Waals surface area contributed by atoms with Crippen LogP contribution in [-0.4, -0.2) is 28.7 Å². The molecular weight excluding hydrogens is 288 g/mol. The van der Waals surface area contributed by atoms with Gasteiger partial charge in [0.15, 0.2) is 5.78 Å². The number of hydrogen-bond donors (Lipinski definition) is 2. The number of rotatable bonds is 1. The minimum absolute atomic E-state index is 0.0705.